The number of nitrogens with zero attached hydrogens (tertiary/aromatic N) is 2. The summed E-state index contributed by atoms with van der Waals surface area (Å²) in [6.45, 7) is 1.84. The molecule has 0 aromatic heterocycles. The van der Waals surface area contributed by atoms with Crippen molar-refractivity contribution in [1.82, 2.24) is 9.21 Å². The Bertz CT molecular complexity index is 986. The van der Waals surface area contributed by atoms with E-state index in [9.17, 15) is 13.2 Å². The van der Waals surface area contributed by atoms with Crippen molar-refractivity contribution in [2.75, 3.05) is 41.5 Å². The number of amides is 1. The van der Waals surface area contributed by atoms with Crippen molar-refractivity contribution in [1.29, 1.82) is 0 Å². The Morgan fingerprint density at radius 3 is 2.00 bits per heavy atom. The van der Waals surface area contributed by atoms with E-state index in [1.54, 1.807) is 38.2 Å². The van der Waals surface area contributed by atoms with Gasteiger partial charge in [-0.1, -0.05) is 22.9 Å². The highest BCUT2D eigenvalue weighted by Gasteiger charge is 2.26. The first-order valence-corrected chi connectivity index (χ1v) is 11.7. The SMILES string of the molecule is CCN(CC(=O)N(C)Cc1cc(OC)c(OC)c(OC)c1)S(=O)(=O)c1ccc(Br)cc1. The van der Waals surface area contributed by atoms with Gasteiger partial charge < -0.3 is 19.1 Å². The molecule has 2 rings (SSSR count). The van der Waals surface area contributed by atoms with E-state index in [4.69, 9.17) is 14.2 Å². The highest BCUT2D eigenvalue weighted by molar-refractivity contribution is 9.10. The molecule has 170 valence electrons. The molecule has 2 aromatic carbocycles. The minimum absolute atomic E-state index is 0.137. The Balaban J connectivity index is 2.18. The number of hydrogen-bond acceptors (Lipinski definition) is 6. The molecule has 2 aromatic rings. The molecule has 0 aliphatic heterocycles. The molecular weight excluding hydrogens is 488 g/mol. The van der Waals surface area contributed by atoms with Gasteiger partial charge in [-0.05, 0) is 42.0 Å². The van der Waals surface area contributed by atoms with Crippen LogP contribution in [0, 0.1) is 0 Å². The van der Waals surface area contributed by atoms with E-state index >= 15 is 0 Å². The summed E-state index contributed by atoms with van der Waals surface area (Å²) in [5.74, 6) is 1.08. The van der Waals surface area contributed by atoms with Gasteiger partial charge in [-0.15, -0.1) is 0 Å². The topological polar surface area (TPSA) is 85.4 Å². The number of methoxy groups -OCH3 is 3. The lowest BCUT2D eigenvalue weighted by Gasteiger charge is -2.24. The van der Waals surface area contributed by atoms with E-state index in [2.05, 4.69) is 15.9 Å². The minimum atomic E-state index is -3.79. The third kappa shape index (κ3) is 5.90. The lowest BCUT2D eigenvalue weighted by atomic mass is 10.1. The standard InChI is InChI=1S/C21H27BrN2O6S/c1-6-24(31(26,27)17-9-7-16(22)8-10-17)14-20(25)23(2)13-15-11-18(28-3)21(30-5)19(12-15)29-4/h7-12H,6,13-14H2,1-5H3. The second-order valence-corrected chi connectivity index (χ2v) is 9.52. The zero-order chi connectivity index (χ0) is 23.2. The number of halogens is 1. The second-order valence-electron chi connectivity index (χ2n) is 6.67. The number of likely N-dealkylation sites (N-methyl/N-ethyl adjacent to an activating group) is 2. The van der Waals surface area contributed by atoms with Crippen LogP contribution in [-0.4, -0.2) is 65.0 Å². The number of rotatable bonds is 10. The number of benzene rings is 2. The first kappa shape index (κ1) is 25.0. The van der Waals surface area contributed by atoms with Gasteiger partial charge in [0.1, 0.15) is 0 Å². The van der Waals surface area contributed by atoms with Gasteiger partial charge in [0.05, 0.1) is 32.8 Å². The van der Waals surface area contributed by atoms with Crippen LogP contribution in [0.4, 0.5) is 0 Å². The van der Waals surface area contributed by atoms with Gasteiger partial charge in [-0.3, -0.25) is 4.79 Å². The summed E-state index contributed by atoms with van der Waals surface area (Å²) in [6.07, 6.45) is 0. The van der Waals surface area contributed by atoms with Crippen molar-refractivity contribution in [3.8, 4) is 17.2 Å². The summed E-state index contributed by atoms with van der Waals surface area (Å²) in [5.41, 5.74) is 0.754. The molecule has 0 saturated heterocycles. The molecule has 0 saturated carbocycles. The molecule has 0 spiro atoms. The van der Waals surface area contributed by atoms with Crippen LogP contribution in [0.25, 0.3) is 0 Å². The predicted molar refractivity (Wildman–Crippen MR) is 121 cm³/mol. The lowest BCUT2D eigenvalue weighted by Crippen LogP contribution is -2.41. The Morgan fingerprint density at radius 1 is 1.00 bits per heavy atom. The van der Waals surface area contributed by atoms with Crippen LogP contribution in [0.3, 0.4) is 0 Å². The van der Waals surface area contributed by atoms with Crippen LogP contribution in [0.1, 0.15) is 12.5 Å². The van der Waals surface area contributed by atoms with Crippen molar-refractivity contribution < 1.29 is 27.4 Å². The zero-order valence-corrected chi connectivity index (χ0v) is 20.6. The van der Waals surface area contributed by atoms with E-state index < -0.39 is 10.0 Å². The van der Waals surface area contributed by atoms with Gasteiger partial charge in [-0.2, -0.15) is 4.31 Å². The molecule has 0 unspecified atom stereocenters. The second kappa shape index (κ2) is 10.8. The number of carbonyl (C=O) groups excluding carboxylic acids is 1. The summed E-state index contributed by atoms with van der Waals surface area (Å²) in [4.78, 5) is 14.4. The van der Waals surface area contributed by atoms with E-state index in [1.807, 2.05) is 0 Å². The molecule has 1 amide bonds. The van der Waals surface area contributed by atoms with Crippen molar-refractivity contribution in [2.45, 2.75) is 18.4 Å². The van der Waals surface area contributed by atoms with Crippen molar-refractivity contribution >= 4 is 31.9 Å². The zero-order valence-electron chi connectivity index (χ0n) is 18.2. The van der Waals surface area contributed by atoms with E-state index in [0.29, 0.717) is 17.2 Å². The summed E-state index contributed by atoms with van der Waals surface area (Å²) in [5, 5.41) is 0. The number of carbonyl (C=O) groups is 1. The van der Waals surface area contributed by atoms with E-state index in [1.165, 1.54) is 38.4 Å². The largest absolute Gasteiger partial charge is 0.493 e. The van der Waals surface area contributed by atoms with Gasteiger partial charge in [0.2, 0.25) is 21.7 Å². The highest BCUT2D eigenvalue weighted by Crippen LogP contribution is 2.38. The summed E-state index contributed by atoms with van der Waals surface area (Å²) < 4.78 is 43.8. The highest BCUT2D eigenvalue weighted by atomic mass is 79.9. The van der Waals surface area contributed by atoms with Crippen LogP contribution in [-0.2, 0) is 21.4 Å². The van der Waals surface area contributed by atoms with Crippen LogP contribution in [0.5, 0.6) is 17.2 Å². The number of sulfonamides is 1. The van der Waals surface area contributed by atoms with Crippen molar-refractivity contribution in [2.24, 2.45) is 0 Å². The molecule has 0 aliphatic carbocycles. The van der Waals surface area contributed by atoms with Crippen LogP contribution >= 0.6 is 15.9 Å². The fourth-order valence-corrected chi connectivity index (χ4v) is 4.65. The Morgan fingerprint density at radius 2 is 1.55 bits per heavy atom. The lowest BCUT2D eigenvalue weighted by molar-refractivity contribution is -0.130. The van der Waals surface area contributed by atoms with Crippen molar-refractivity contribution in [3.63, 3.8) is 0 Å². The quantitative estimate of drug-likeness (QED) is 0.484. The molecule has 0 radical (unpaired) electrons. The molecule has 0 bridgehead atoms. The maximum atomic E-state index is 12.9. The first-order chi connectivity index (χ1) is 14.7. The molecule has 0 aliphatic rings. The van der Waals surface area contributed by atoms with Gasteiger partial charge >= 0.3 is 0 Å². The van der Waals surface area contributed by atoms with Crippen LogP contribution in [0.2, 0.25) is 0 Å². The van der Waals surface area contributed by atoms with Gasteiger partial charge in [0.25, 0.3) is 0 Å². The van der Waals surface area contributed by atoms with Gasteiger partial charge in [-0.25, -0.2) is 8.42 Å². The average Bonchev–Trinajstić information content (AvgIpc) is 2.76. The smallest absolute Gasteiger partial charge is 0.243 e. The van der Waals surface area contributed by atoms with Crippen LogP contribution in [0.15, 0.2) is 45.8 Å². The molecule has 8 nitrogen and oxygen atoms in total. The Hall–Kier alpha value is -2.30. The molecule has 31 heavy (non-hydrogen) atoms. The first-order valence-electron chi connectivity index (χ1n) is 9.46. The summed E-state index contributed by atoms with van der Waals surface area (Å²) in [6, 6.07) is 9.82. The molecular formula is C21H27BrN2O6S. The average molecular weight is 515 g/mol. The van der Waals surface area contributed by atoms with Gasteiger partial charge in [0, 0.05) is 24.6 Å². The maximum absolute atomic E-state index is 12.9. The number of ether oxygens (including phenoxy) is 3. The monoisotopic (exact) mass is 514 g/mol. The summed E-state index contributed by atoms with van der Waals surface area (Å²) in [7, 11) is 2.37. The molecule has 0 N–H and O–H groups in total. The van der Waals surface area contributed by atoms with Gasteiger partial charge in [0.15, 0.2) is 11.5 Å². The normalized spacial score (nSPS) is 11.3. The summed E-state index contributed by atoms with van der Waals surface area (Å²) >= 11 is 3.29. The molecule has 10 heteroatoms. The van der Waals surface area contributed by atoms with E-state index in [-0.39, 0.29) is 30.4 Å². The fraction of sp³-hybridized carbons (Fsp3) is 0.381. The fourth-order valence-electron chi connectivity index (χ4n) is 2.98. The Labute approximate surface area is 191 Å². The van der Waals surface area contributed by atoms with E-state index in [0.717, 1.165) is 14.3 Å². The molecule has 0 fully saturated rings. The van der Waals surface area contributed by atoms with Crippen LogP contribution < -0.4 is 14.2 Å². The maximum Gasteiger partial charge on any atom is 0.243 e. The number of hydrogen-bond donors (Lipinski definition) is 0. The van der Waals surface area contributed by atoms with Crippen molar-refractivity contribution in [3.05, 3.63) is 46.4 Å². The third-order valence-corrected chi connectivity index (χ3v) is 7.15. The predicted octanol–water partition coefficient (Wildman–Crippen LogP) is 3.14. The molecule has 0 heterocycles. The Kier molecular flexibility index (Phi) is 8.72. The minimum Gasteiger partial charge on any atom is -0.493 e. The third-order valence-electron chi connectivity index (χ3n) is 4.69. The molecule has 0 atom stereocenters.